The highest BCUT2D eigenvalue weighted by molar-refractivity contribution is 5.77. The van der Waals surface area contributed by atoms with Crippen molar-refractivity contribution in [2.24, 2.45) is 5.92 Å². The summed E-state index contributed by atoms with van der Waals surface area (Å²) in [5, 5.41) is 3.44. The van der Waals surface area contributed by atoms with Crippen molar-refractivity contribution in [3.63, 3.8) is 0 Å². The van der Waals surface area contributed by atoms with E-state index in [-0.39, 0.29) is 11.9 Å². The predicted molar refractivity (Wildman–Crippen MR) is 136 cm³/mol. The molecule has 1 aromatic carbocycles. The summed E-state index contributed by atoms with van der Waals surface area (Å²) in [5.74, 6) is 0.560. The first kappa shape index (κ1) is 24.2. The smallest absolute Gasteiger partial charge is 0.227 e. The van der Waals surface area contributed by atoms with Crippen molar-refractivity contribution in [2.45, 2.75) is 57.5 Å². The maximum Gasteiger partial charge on any atom is 0.227 e. The minimum atomic E-state index is -0.429. The summed E-state index contributed by atoms with van der Waals surface area (Å²) in [6.45, 7) is 6.27. The lowest BCUT2D eigenvalue weighted by Gasteiger charge is -2.39. The number of ether oxygens (including phenoxy) is 1. The van der Waals surface area contributed by atoms with E-state index in [0.29, 0.717) is 18.9 Å². The molecule has 35 heavy (non-hydrogen) atoms. The number of nitrogens with one attached hydrogen (secondary N) is 1. The van der Waals surface area contributed by atoms with Crippen LogP contribution in [-0.2, 0) is 16.1 Å². The van der Waals surface area contributed by atoms with Crippen LogP contribution in [0.3, 0.4) is 0 Å². The summed E-state index contributed by atoms with van der Waals surface area (Å²) in [7, 11) is 1.80. The Labute approximate surface area is 208 Å². The van der Waals surface area contributed by atoms with E-state index in [1.807, 2.05) is 6.07 Å². The molecular formula is C27H38N6O2. The summed E-state index contributed by atoms with van der Waals surface area (Å²) in [6.07, 6.45) is 9.41. The fourth-order valence-electron chi connectivity index (χ4n) is 5.42. The molecule has 0 bridgehead atoms. The monoisotopic (exact) mass is 478 g/mol. The lowest BCUT2D eigenvalue weighted by molar-refractivity contribution is -0.159. The second kappa shape index (κ2) is 11.5. The Balaban J connectivity index is 1.08. The summed E-state index contributed by atoms with van der Waals surface area (Å²) in [5.41, 5.74) is 3.56. The molecule has 1 N–H and O–H groups in total. The number of likely N-dealkylation sites (tertiary alicyclic amines) is 1. The van der Waals surface area contributed by atoms with Gasteiger partial charge in [0.15, 0.2) is 6.35 Å². The Morgan fingerprint density at radius 2 is 1.80 bits per heavy atom. The van der Waals surface area contributed by atoms with Crippen LogP contribution in [0.15, 0.2) is 42.9 Å². The quantitative estimate of drug-likeness (QED) is 0.655. The van der Waals surface area contributed by atoms with Crippen molar-refractivity contribution in [2.75, 3.05) is 44.7 Å². The highest BCUT2D eigenvalue weighted by Crippen LogP contribution is 2.26. The SMILES string of the molecule is CN1C(=O)CC(c2ccncn2)NC1OCC1CCN(c2ccc(CN3CCCCC3)cc2)CC1. The summed E-state index contributed by atoms with van der Waals surface area (Å²) >= 11 is 0. The molecule has 0 aliphatic carbocycles. The Morgan fingerprint density at radius 1 is 1.03 bits per heavy atom. The van der Waals surface area contributed by atoms with E-state index >= 15 is 0 Å². The number of nitrogens with zero attached hydrogens (tertiary/aromatic N) is 5. The van der Waals surface area contributed by atoms with Crippen LogP contribution in [0.1, 0.15) is 55.8 Å². The standard InChI is InChI=1S/C27H38N6O2/c1-31-26(34)17-25(24-9-12-28-20-29-24)30-27(31)35-19-22-10-15-33(16-11-22)23-7-5-21(6-8-23)18-32-13-3-2-4-14-32/h5-9,12,20,22,25,27,30H,2-4,10-11,13-19H2,1H3. The van der Waals surface area contributed by atoms with Gasteiger partial charge in [-0.3, -0.25) is 15.0 Å². The van der Waals surface area contributed by atoms with E-state index in [2.05, 4.69) is 49.4 Å². The van der Waals surface area contributed by atoms with Gasteiger partial charge in [-0.25, -0.2) is 9.97 Å². The van der Waals surface area contributed by atoms with Gasteiger partial charge in [-0.1, -0.05) is 18.6 Å². The van der Waals surface area contributed by atoms with Gasteiger partial charge in [0.25, 0.3) is 0 Å². The number of carbonyl (C=O) groups is 1. The molecule has 8 heteroatoms. The molecule has 3 aliphatic heterocycles. The van der Waals surface area contributed by atoms with E-state index in [1.165, 1.54) is 49.9 Å². The Kier molecular flexibility index (Phi) is 7.91. The number of piperidine rings is 2. The number of hydrogen-bond acceptors (Lipinski definition) is 7. The average Bonchev–Trinajstić information content (AvgIpc) is 2.91. The predicted octanol–water partition coefficient (Wildman–Crippen LogP) is 3.17. The molecule has 3 fully saturated rings. The first-order valence-electron chi connectivity index (χ1n) is 13.1. The summed E-state index contributed by atoms with van der Waals surface area (Å²) in [4.78, 5) is 27.5. The first-order chi connectivity index (χ1) is 17.2. The van der Waals surface area contributed by atoms with Crippen LogP contribution in [0.4, 0.5) is 5.69 Å². The Morgan fingerprint density at radius 3 is 2.51 bits per heavy atom. The highest BCUT2D eigenvalue weighted by atomic mass is 16.5. The minimum Gasteiger partial charge on any atom is -0.372 e. The molecule has 5 rings (SSSR count). The van der Waals surface area contributed by atoms with Crippen molar-refractivity contribution in [3.8, 4) is 0 Å². The fraction of sp³-hybridized carbons (Fsp3) is 0.593. The Bertz CT molecular complexity index is 942. The maximum absolute atomic E-state index is 12.5. The van der Waals surface area contributed by atoms with Crippen molar-refractivity contribution in [1.82, 2.24) is 25.1 Å². The van der Waals surface area contributed by atoms with Gasteiger partial charge < -0.3 is 14.5 Å². The number of benzene rings is 1. The molecule has 1 amide bonds. The molecule has 188 valence electrons. The van der Waals surface area contributed by atoms with Crippen molar-refractivity contribution < 1.29 is 9.53 Å². The van der Waals surface area contributed by atoms with Crippen LogP contribution in [-0.4, -0.2) is 71.9 Å². The molecule has 0 saturated carbocycles. The van der Waals surface area contributed by atoms with E-state index in [1.54, 1.807) is 18.1 Å². The number of hydrogen-bond donors (Lipinski definition) is 1. The van der Waals surface area contributed by atoms with Crippen LogP contribution >= 0.6 is 0 Å². The van der Waals surface area contributed by atoms with Gasteiger partial charge in [0, 0.05) is 45.0 Å². The molecule has 8 nitrogen and oxygen atoms in total. The van der Waals surface area contributed by atoms with Gasteiger partial charge in [0.05, 0.1) is 18.3 Å². The molecule has 3 aliphatic rings. The topological polar surface area (TPSA) is 73.8 Å². The summed E-state index contributed by atoms with van der Waals surface area (Å²) in [6, 6.07) is 10.9. The first-order valence-corrected chi connectivity index (χ1v) is 13.1. The van der Waals surface area contributed by atoms with E-state index in [4.69, 9.17) is 4.74 Å². The average molecular weight is 479 g/mol. The maximum atomic E-state index is 12.5. The molecule has 2 unspecified atom stereocenters. The fourth-order valence-corrected chi connectivity index (χ4v) is 5.42. The normalized spacial score (nSPS) is 24.7. The van der Waals surface area contributed by atoms with Crippen molar-refractivity contribution >= 4 is 11.6 Å². The number of amides is 1. The minimum absolute atomic E-state index is 0.0657. The van der Waals surface area contributed by atoms with Crippen LogP contribution < -0.4 is 10.2 Å². The third kappa shape index (κ3) is 6.18. The van der Waals surface area contributed by atoms with Gasteiger partial charge >= 0.3 is 0 Å². The lowest BCUT2D eigenvalue weighted by atomic mass is 9.97. The molecular weight excluding hydrogens is 440 g/mol. The third-order valence-corrected chi connectivity index (χ3v) is 7.69. The number of carbonyl (C=O) groups excluding carboxylic acids is 1. The second-order valence-electron chi connectivity index (χ2n) is 10.2. The van der Waals surface area contributed by atoms with Crippen molar-refractivity contribution in [3.05, 3.63) is 54.1 Å². The Hall–Kier alpha value is -2.55. The number of rotatable bonds is 7. The second-order valence-corrected chi connectivity index (χ2v) is 10.2. The van der Waals surface area contributed by atoms with E-state index < -0.39 is 6.35 Å². The highest BCUT2D eigenvalue weighted by Gasteiger charge is 2.33. The zero-order chi connectivity index (χ0) is 24.0. The molecule has 4 heterocycles. The number of aromatic nitrogens is 2. The van der Waals surface area contributed by atoms with E-state index in [9.17, 15) is 4.79 Å². The van der Waals surface area contributed by atoms with E-state index in [0.717, 1.165) is 38.2 Å². The molecule has 2 aromatic rings. The molecule has 0 radical (unpaired) electrons. The zero-order valence-electron chi connectivity index (χ0n) is 20.8. The van der Waals surface area contributed by atoms with Gasteiger partial charge in [-0.15, -0.1) is 0 Å². The zero-order valence-corrected chi connectivity index (χ0v) is 20.8. The molecule has 3 saturated heterocycles. The third-order valence-electron chi connectivity index (χ3n) is 7.69. The van der Waals surface area contributed by atoms with Crippen LogP contribution in [0, 0.1) is 5.92 Å². The molecule has 2 atom stereocenters. The lowest BCUT2D eigenvalue weighted by Crippen LogP contribution is -2.55. The van der Waals surface area contributed by atoms with Crippen LogP contribution in [0.5, 0.6) is 0 Å². The van der Waals surface area contributed by atoms with Gasteiger partial charge in [-0.2, -0.15) is 0 Å². The van der Waals surface area contributed by atoms with Crippen LogP contribution in [0.25, 0.3) is 0 Å². The van der Waals surface area contributed by atoms with Crippen molar-refractivity contribution in [1.29, 1.82) is 0 Å². The molecule has 1 aromatic heterocycles. The van der Waals surface area contributed by atoms with Gasteiger partial charge in [0.2, 0.25) is 5.91 Å². The van der Waals surface area contributed by atoms with Crippen LogP contribution in [0.2, 0.25) is 0 Å². The summed E-state index contributed by atoms with van der Waals surface area (Å²) < 4.78 is 6.21. The van der Waals surface area contributed by atoms with Gasteiger partial charge in [0.1, 0.15) is 6.33 Å². The largest absolute Gasteiger partial charge is 0.372 e. The van der Waals surface area contributed by atoms with Gasteiger partial charge in [-0.05, 0) is 68.5 Å². The number of anilines is 1. The molecule has 0 spiro atoms.